The van der Waals surface area contributed by atoms with Gasteiger partial charge in [-0.1, -0.05) is 15.9 Å². The maximum Gasteiger partial charge on any atom is 0.338 e. The van der Waals surface area contributed by atoms with Crippen molar-refractivity contribution in [3.05, 3.63) is 68.7 Å². The molecule has 0 atom stereocenters. The van der Waals surface area contributed by atoms with Crippen molar-refractivity contribution < 1.29 is 14.3 Å². The van der Waals surface area contributed by atoms with Crippen LogP contribution in [0.3, 0.4) is 0 Å². The first kappa shape index (κ1) is 17.7. The Balaban J connectivity index is 1.41. The molecule has 0 bridgehead atoms. The molecule has 0 amide bonds. The Kier molecular flexibility index (Phi) is 4.94. The molecule has 2 aromatic carbocycles. The lowest BCUT2D eigenvalue weighted by molar-refractivity contribution is 0.0450. The summed E-state index contributed by atoms with van der Waals surface area (Å²) in [6.07, 6.45) is 1.71. The fraction of sp³-hybridized carbons (Fsp3) is 0.250. The summed E-state index contributed by atoms with van der Waals surface area (Å²) in [4.78, 5) is 29.3. The average molecular weight is 429 g/mol. The van der Waals surface area contributed by atoms with Crippen LogP contribution in [0.2, 0.25) is 0 Å². The Hall–Kier alpha value is -2.67. The van der Waals surface area contributed by atoms with Crippen LogP contribution in [0.1, 0.15) is 22.6 Å². The van der Waals surface area contributed by atoms with Gasteiger partial charge in [0.2, 0.25) is 0 Å². The highest BCUT2D eigenvalue weighted by molar-refractivity contribution is 9.10. The van der Waals surface area contributed by atoms with Gasteiger partial charge >= 0.3 is 5.97 Å². The van der Waals surface area contributed by atoms with Gasteiger partial charge in [0, 0.05) is 17.4 Å². The van der Waals surface area contributed by atoms with Crippen LogP contribution in [-0.2, 0) is 17.7 Å². The van der Waals surface area contributed by atoms with Crippen LogP contribution in [0, 0.1) is 0 Å². The molecule has 6 nitrogen and oxygen atoms in total. The van der Waals surface area contributed by atoms with Gasteiger partial charge in [-0.3, -0.25) is 9.36 Å². The largest absolute Gasteiger partial charge is 0.490 e. The summed E-state index contributed by atoms with van der Waals surface area (Å²) in [7, 11) is 0. The van der Waals surface area contributed by atoms with E-state index in [0.29, 0.717) is 28.8 Å². The van der Waals surface area contributed by atoms with Crippen molar-refractivity contribution in [1.29, 1.82) is 0 Å². The van der Waals surface area contributed by atoms with Crippen LogP contribution in [0.25, 0.3) is 10.9 Å². The summed E-state index contributed by atoms with van der Waals surface area (Å²) in [6, 6.07) is 12.3. The number of nitrogens with zero attached hydrogens (tertiary/aromatic N) is 2. The minimum Gasteiger partial charge on any atom is -0.490 e. The fourth-order valence-electron chi connectivity index (χ4n) is 3.12. The molecule has 4 rings (SSSR count). The maximum absolute atomic E-state index is 12.5. The first-order valence-electron chi connectivity index (χ1n) is 8.71. The van der Waals surface area contributed by atoms with E-state index in [1.54, 1.807) is 22.8 Å². The monoisotopic (exact) mass is 428 g/mol. The number of fused-ring (bicyclic) bond motifs is 2. The van der Waals surface area contributed by atoms with E-state index in [9.17, 15) is 9.59 Å². The number of aromatic nitrogens is 2. The van der Waals surface area contributed by atoms with E-state index in [2.05, 4.69) is 20.9 Å². The second-order valence-electron chi connectivity index (χ2n) is 6.26. The number of benzene rings is 2. The molecular formula is C20H17BrN2O4. The number of esters is 1. The number of hydrogen-bond donors (Lipinski definition) is 0. The average Bonchev–Trinajstić information content (AvgIpc) is 3.15. The van der Waals surface area contributed by atoms with Crippen molar-refractivity contribution in [3.8, 4) is 5.75 Å². The number of carbonyl (C=O) groups is 1. The van der Waals surface area contributed by atoms with Crippen molar-refractivity contribution in [2.24, 2.45) is 0 Å². The van der Waals surface area contributed by atoms with Crippen LogP contribution in [0.15, 0.2) is 51.7 Å². The van der Waals surface area contributed by atoms with E-state index in [1.165, 1.54) is 0 Å². The third-order valence-electron chi connectivity index (χ3n) is 4.45. The summed E-state index contributed by atoms with van der Waals surface area (Å²) in [5.41, 5.74) is 0.866. The third kappa shape index (κ3) is 3.73. The van der Waals surface area contributed by atoms with Crippen LogP contribution >= 0.6 is 15.9 Å². The Labute approximate surface area is 163 Å². The van der Waals surface area contributed by atoms with Crippen LogP contribution < -0.4 is 10.3 Å². The fourth-order valence-corrected chi connectivity index (χ4v) is 3.38. The number of halogens is 1. The summed E-state index contributed by atoms with van der Waals surface area (Å²) in [5, 5.41) is 0.524. The minimum absolute atomic E-state index is 0.0460. The Bertz CT molecular complexity index is 1060. The summed E-state index contributed by atoms with van der Waals surface area (Å²) in [6.45, 7) is 1.10. The third-order valence-corrected chi connectivity index (χ3v) is 4.98. The van der Waals surface area contributed by atoms with Gasteiger partial charge in [0.05, 0.1) is 16.5 Å². The smallest absolute Gasteiger partial charge is 0.338 e. The van der Waals surface area contributed by atoms with E-state index in [4.69, 9.17) is 9.47 Å². The van der Waals surface area contributed by atoms with E-state index in [0.717, 1.165) is 23.1 Å². The van der Waals surface area contributed by atoms with Crippen molar-refractivity contribution >= 4 is 32.8 Å². The zero-order valence-corrected chi connectivity index (χ0v) is 16.1. The molecule has 27 heavy (non-hydrogen) atoms. The number of rotatable bonds is 5. The van der Waals surface area contributed by atoms with Gasteiger partial charge in [0.25, 0.3) is 5.56 Å². The molecule has 0 spiro atoms. The van der Waals surface area contributed by atoms with E-state index in [1.807, 2.05) is 24.3 Å². The molecule has 1 aromatic heterocycles. The van der Waals surface area contributed by atoms with E-state index in [-0.39, 0.29) is 18.8 Å². The molecule has 0 radical (unpaired) electrons. The lowest BCUT2D eigenvalue weighted by Crippen LogP contribution is -2.21. The number of hydrogen-bond acceptors (Lipinski definition) is 5. The van der Waals surface area contributed by atoms with Gasteiger partial charge in [-0.05, 0) is 48.9 Å². The topological polar surface area (TPSA) is 70.4 Å². The van der Waals surface area contributed by atoms with E-state index < -0.39 is 5.97 Å². The standard InChI is InChI=1S/C20H17BrN2O4/c21-14-4-6-15(7-5-14)26-10-11-27-20(25)13-3-8-16-17(12-13)22-18-2-1-9-23(18)19(16)24/h3-8,12H,1-2,9-11H2. The lowest BCUT2D eigenvalue weighted by Gasteiger charge is -2.09. The molecular weight excluding hydrogens is 412 g/mol. The highest BCUT2D eigenvalue weighted by Gasteiger charge is 2.17. The van der Waals surface area contributed by atoms with Gasteiger partial charge in [-0.2, -0.15) is 0 Å². The molecule has 0 fully saturated rings. The van der Waals surface area contributed by atoms with Gasteiger partial charge in [0.15, 0.2) is 0 Å². The van der Waals surface area contributed by atoms with Crippen molar-refractivity contribution in [2.45, 2.75) is 19.4 Å². The normalized spacial score (nSPS) is 12.8. The molecule has 3 aromatic rings. The quantitative estimate of drug-likeness (QED) is 0.460. The van der Waals surface area contributed by atoms with Crippen LogP contribution in [0.5, 0.6) is 5.75 Å². The van der Waals surface area contributed by atoms with Crippen LogP contribution in [0.4, 0.5) is 0 Å². The van der Waals surface area contributed by atoms with Crippen molar-refractivity contribution in [2.75, 3.05) is 13.2 Å². The molecule has 138 valence electrons. The maximum atomic E-state index is 12.5. The number of ether oxygens (including phenoxy) is 2. The van der Waals surface area contributed by atoms with E-state index >= 15 is 0 Å². The second-order valence-corrected chi connectivity index (χ2v) is 7.17. The highest BCUT2D eigenvalue weighted by atomic mass is 79.9. The molecule has 7 heteroatoms. The molecule has 2 heterocycles. The van der Waals surface area contributed by atoms with Gasteiger partial charge in [0.1, 0.15) is 24.8 Å². The number of aryl methyl sites for hydroxylation is 1. The summed E-state index contributed by atoms with van der Waals surface area (Å²) >= 11 is 3.36. The Morgan fingerprint density at radius 3 is 2.78 bits per heavy atom. The summed E-state index contributed by atoms with van der Waals surface area (Å²) < 4.78 is 13.5. The zero-order chi connectivity index (χ0) is 18.8. The highest BCUT2D eigenvalue weighted by Crippen LogP contribution is 2.17. The summed E-state index contributed by atoms with van der Waals surface area (Å²) in [5.74, 6) is 1.03. The predicted octanol–water partition coefficient (Wildman–Crippen LogP) is 3.34. The Morgan fingerprint density at radius 1 is 1.15 bits per heavy atom. The molecule has 0 aliphatic carbocycles. The second kappa shape index (κ2) is 7.52. The van der Waals surface area contributed by atoms with Gasteiger partial charge < -0.3 is 9.47 Å². The molecule has 0 saturated heterocycles. The first-order valence-corrected chi connectivity index (χ1v) is 9.50. The molecule has 1 aliphatic rings. The predicted molar refractivity (Wildman–Crippen MR) is 104 cm³/mol. The molecule has 0 unspecified atom stereocenters. The molecule has 0 saturated carbocycles. The SMILES string of the molecule is O=C(OCCOc1ccc(Br)cc1)c1ccc2c(=O)n3c(nc2c1)CCC3. The van der Waals surface area contributed by atoms with Gasteiger partial charge in [-0.15, -0.1) is 0 Å². The molecule has 0 N–H and O–H groups in total. The zero-order valence-electron chi connectivity index (χ0n) is 14.5. The van der Waals surface area contributed by atoms with Crippen molar-refractivity contribution in [1.82, 2.24) is 9.55 Å². The number of carbonyl (C=O) groups excluding carboxylic acids is 1. The Morgan fingerprint density at radius 2 is 1.96 bits per heavy atom. The lowest BCUT2D eigenvalue weighted by atomic mass is 10.1. The van der Waals surface area contributed by atoms with Crippen LogP contribution in [-0.4, -0.2) is 28.7 Å². The first-order chi connectivity index (χ1) is 13.1. The van der Waals surface area contributed by atoms with Gasteiger partial charge in [-0.25, -0.2) is 9.78 Å². The molecule has 1 aliphatic heterocycles. The van der Waals surface area contributed by atoms with Crippen molar-refractivity contribution in [3.63, 3.8) is 0 Å². The minimum atomic E-state index is -0.460.